The Morgan fingerprint density at radius 2 is 1.79 bits per heavy atom. The molecule has 0 atom stereocenters. The summed E-state index contributed by atoms with van der Waals surface area (Å²) < 4.78 is 0. The molecular weight excluding hydrogens is 332 g/mol. The number of guanidine groups is 1. The molecule has 0 aromatic heterocycles. The fourth-order valence-electron chi connectivity index (χ4n) is 1.18. The van der Waals surface area contributed by atoms with Gasteiger partial charge >= 0.3 is 11.9 Å². The van der Waals surface area contributed by atoms with Crippen molar-refractivity contribution in [3.8, 4) is 0 Å². The van der Waals surface area contributed by atoms with Gasteiger partial charge in [0.25, 0.3) is 0 Å². The summed E-state index contributed by atoms with van der Waals surface area (Å²) in [5.74, 6) is 3.38. The highest BCUT2D eigenvalue weighted by atomic mass is 32.2. The van der Waals surface area contributed by atoms with E-state index in [0.717, 1.165) is 16.2 Å². The van der Waals surface area contributed by atoms with Crippen LogP contribution in [0, 0.1) is 0 Å². The van der Waals surface area contributed by atoms with E-state index >= 15 is 0 Å². The van der Waals surface area contributed by atoms with E-state index in [9.17, 15) is 9.59 Å². The molecule has 0 saturated heterocycles. The second kappa shape index (κ2) is 12.5. The Labute approximate surface area is 143 Å². The number of aliphatic carboxylic acids is 2. The third kappa shape index (κ3) is 10.6. The summed E-state index contributed by atoms with van der Waals surface area (Å²) in [6, 6.07) is 7.89. The molecule has 0 unspecified atom stereocenters. The maximum absolute atomic E-state index is 9.55. The fourth-order valence-corrected chi connectivity index (χ4v) is 1.94. The molecule has 128 valence electrons. The quantitative estimate of drug-likeness (QED) is 0.115. The number of hydrogen-bond donors (Lipinski definition) is 4. The predicted molar refractivity (Wildman–Crippen MR) is 95.2 cm³/mol. The third-order valence-electron chi connectivity index (χ3n) is 2.11. The number of benzene rings is 1. The molecule has 8 nitrogen and oxygen atoms in total. The van der Waals surface area contributed by atoms with Gasteiger partial charge in [0.15, 0.2) is 0 Å². The molecule has 24 heavy (non-hydrogen) atoms. The summed E-state index contributed by atoms with van der Waals surface area (Å²) in [6.07, 6.45) is 4.62. The smallest absolute Gasteiger partial charge is 0.328 e. The van der Waals surface area contributed by atoms with Gasteiger partial charge in [-0.15, -0.1) is 23.4 Å². The van der Waals surface area contributed by atoms with Gasteiger partial charge in [0.1, 0.15) is 0 Å². The minimum absolute atomic E-state index is 0.0588. The van der Waals surface area contributed by atoms with E-state index in [1.54, 1.807) is 18.0 Å². The number of nitrogens with two attached hydrogens (primary N) is 2. The van der Waals surface area contributed by atoms with Crippen LogP contribution in [0.15, 0.2) is 64.1 Å². The first-order valence-corrected chi connectivity index (χ1v) is 7.43. The van der Waals surface area contributed by atoms with Crippen LogP contribution in [-0.4, -0.2) is 40.1 Å². The molecule has 0 aliphatic carbocycles. The number of carboxylic acid groups (broad SMARTS) is 2. The zero-order valence-corrected chi connectivity index (χ0v) is 13.5. The molecule has 1 aromatic rings. The van der Waals surface area contributed by atoms with Crippen LogP contribution in [-0.2, 0) is 9.59 Å². The van der Waals surface area contributed by atoms with Crippen molar-refractivity contribution in [2.75, 3.05) is 5.75 Å². The largest absolute Gasteiger partial charge is 0.478 e. The van der Waals surface area contributed by atoms with Gasteiger partial charge in [-0.1, -0.05) is 24.3 Å². The molecule has 1 rings (SSSR count). The van der Waals surface area contributed by atoms with Crippen molar-refractivity contribution in [1.29, 1.82) is 0 Å². The number of hydrogen-bond acceptors (Lipinski definition) is 5. The highest BCUT2D eigenvalue weighted by Crippen LogP contribution is 2.21. The van der Waals surface area contributed by atoms with Gasteiger partial charge in [0.2, 0.25) is 5.96 Å². The molecule has 0 fully saturated rings. The highest BCUT2D eigenvalue weighted by Gasteiger charge is 1.98. The normalized spacial score (nSPS) is 11.1. The van der Waals surface area contributed by atoms with Crippen molar-refractivity contribution >= 4 is 35.9 Å². The molecular formula is C15H18N4O4S. The van der Waals surface area contributed by atoms with E-state index < -0.39 is 11.9 Å². The van der Waals surface area contributed by atoms with E-state index in [0.29, 0.717) is 12.2 Å². The summed E-state index contributed by atoms with van der Waals surface area (Å²) in [6.45, 7) is 3.68. The van der Waals surface area contributed by atoms with Crippen LogP contribution >= 0.6 is 11.8 Å². The van der Waals surface area contributed by atoms with Crippen LogP contribution in [0.2, 0.25) is 0 Å². The minimum atomic E-state index is -1.26. The van der Waals surface area contributed by atoms with Gasteiger partial charge in [0.05, 0.1) is 0 Å². The summed E-state index contributed by atoms with van der Waals surface area (Å²) >= 11 is 1.69. The van der Waals surface area contributed by atoms with E-state index in [4.69, 9.17) is 21.8 Å². The zero-order valence-electron chi connectivity index (χ0n) is 12.7. The second-order valence-electron chi connectivity index (χ2n) is 3.89. The molecule has 0 saturated carbocycles. The lowest BCUT2D eigenvalue weighted by molar-refractivity contribution is -0.134. The van der Waals surface area contributed by atoms with Crippen LogP contribution < -0.4 is 11.6 Å². The molecule has 1 aromatic carbocycles. The standard InChI is InChI=1S/C11H14N4S.C4H4O4/c1-2-7-16-10-6-4-3-5-9(10)8-14-11(12)15-13;5-3(6)1-2-4(7)8/h2-6,8H,1,7,13H2,(H2,12,15);1-2H,(H,5,6)(H,7,8)/b;2-1-. The van der Waals surface area contributed by atoms with Crippen molar-refractivity contribution in [2.45, 2.75) is 4.90 Å². The Bertz CT molecular complexity index is 641. The minimum Gasteiger partial charge on any atom is -0.478 e. The van der Waals surface area contributed by atoms with Crippen LogP contribution in [0.25, 0.3) is 0 Å². The monoisotopic (exact) mass is 350 g/mol. The molecule has 0 aliphatic rings. The lowest BCUT2D eigenvalue weighted by Crippen LogP contribution is -2.11. The van der Waals surface area contributed by atoms with Crippen molar-refractivity contribution in [3.63, 3.8) is 0 Å². The molecule has 0 bridgehead atoms. The maximum atomic E-state index is 9.55. The van der Waals surface area contributed by atoms with E-state index in [1.807, 2.05) is 30.3 Å². The topological polar surface area (TPSA) is 151 Å². The molecule has 0 radical (unpaired) electrons. The highest BCUT2D eigenvalue weighted by molar-refractivity contribution is 7.99. The number of carboxylic acids is 2. The summed E-state index contributed by atoms with van der Waals surface area (Å²) in [7, 11) is 0. The van der Waals surface area contributed by atoms with Crippen molar-refractivity contribution < 1.29 is 19.8 Å². The first kappa shape index (κ1) is 20.9. The average molecular weight is 350 g/mol. The number of hydrazone groups is 1. The van der Waals surface area contributed by atoms with Crippen molar-refractivity contribution in [1.82, 2.24) is 0 Å². The van der Waals surface area contributed by atoms with Gasteiger partial charge in [-0.05, 0) is 6.07 Å². The number of rotatable bonds is 6. The van der Waals surface area contributed by atoms with Gasteiger partial charge < -0.3 is 21.8 Å². The van der Waals surface area contributed by atoms with Gasteiger partial charge in [-0.25, -0.2) is 14.6 Å². The average Bonchev–Trinajstić information content (AvgIpc) is 2.57. The molecule has 0 spiro atoms. The predicted octanol–water partition coefficient (Wildman–Crippen LogP) is 1.28. The van der Waals surface area contributed by atoms with Crippen LogP contribution in [0.1, 0.15) is 5.56 Å². The van der Waals surface area contributed by atoms with E-state index in [-0.39, 0.29) is 5.96 Å². The summed E-state index contributed by atoms with van der Waals surface area (Å²) in [5.41, 5.74) is 6.36. The van der Waals surface area contributed by atoms with Crippen LogP contribution in [0.5, 0.6) is 0 Å². The Hall–Kier alpha value is -3.07. The summed E-state index contributed by atoms with van der Waals surface area (Å²) in [5, 5.41) is 18.9. The van der Waals surface area contributed by atoms with E-state index in [1.165, 1.54) is 0 Å². The number of nitrogens with zero attached hydrogens (tertiary/aromatic N) is 2. The number of carbonyl (C=O) groups is 2. The van der Waals surface area contributed by atoms with Gasteiger partial charge in [0, 0.05) is 34.6 Å². The first-order valence-electron chi connectivity index (χ1n) is 6.44. The Morgan fingerprint density at radius 1 is 1.21 bits per heavy atom. The SMILES string of the molecule is C=CCSc1ccccc1C=NC(N)=NN.O=C(O)/C=C\C(=O)O. The molecule has 0 heterocycles. The Balaban J connectivity index is 0.000000561. The van der Waals surface area contributed by atoms with Crippen LogP contribution in [0.3, 0.4) is 0 Å². The lowest BCUT2D eigenvalue weighted by atomic mass is 10.2. The van der Waals surface area contributed by atoms with Crippen molar-refractivity contribution in [3.05, 3.63) is 54.6 Å². The van der Waals surface area contributed by atoms with Crippen molar-refractivity contribution in [2.24, 2.45) is 21.7 Å². The van der Waals surface area contributed by atoms with Crippen LogP contribution in [0.4, 0.5) is 0 Å². The molecule has 0 aliphatic heterocycles. The molecule has 9 heteroatoms. The Kier molecular flexibility index (Phi) is 10.9. The fraction of sp³-hybridized carbons (Fsp3) is 0.0667. The lowest BCUT2D eigenvalue weighted by Gasteiger charge is -2.02. The summed E-state index contributed by atoms with van der Waals surface area (Å²) in [4.78, 5) is 24.1. The molecule has 0 amide bonds. The van der Waals surface area contributed by atoms with E-state index in [2.05, 4.69) is 16.7 Å². The number of thioether (sulfide) groups is 1. The maximum Gasteiger partial charge on any atom is 0.328 e. The zero-order chi connectivity index (χ0) is 18.4. The van der Waals surface area contributed by atoms with Gasteiger partial charge in [-0.3, -0.25) is 0 Å². The Morgan fingerprint density at radius 3 is 2.29 bits per heavy atom. The third-order valence-corrected chi connectivity index (χ3v) is 3.20. The first-order chi connectivity index (χ1) is 11.4. The van der Waals surface area contributed by atoms with Gasteiger partial charge in [-0.2, -0.15) is 0 Å². The second-order valence-corrected chi connectivity index (χ2v) is 4.95. The molecule has 6 N–H and O–H groups in total. The number of aliphatic imine (C=N–C) groups is 1.